The van der Waals surface area contributed by atoms with Gasteiger partial charge in [0, 0.05) is 6.54 Å². The number of hydrogen-bond donors (Lipinski definition) is 0. The van der Waals surface area contributed by atoms with Crippen molar-refractivity contribution in [1.29, 1.82) is 0 Å². The van der Waals surface area contributed by atoms with Crippen molar-refractivity contribution < 1.29 is 19.1 Å². The molecular formula is C24H30N2O4. The summed E-state index contributed by atoms with van der Waals surface area (Å²) in [6, 6.07) is 15.7. The Kier molecular flexibility index (Phi) is 6.46. The normalized spacial score (nSPS) is 16.1. The molecule has 0 saturated heterocycles. The fourth-order valence-corrected chi connectivity index (χ4v) is 3.52. The van der Waals surface area contributed by atoms with Gasteiger partial charge in [-0.3, -0.25) is 9.69 Å². The van der Waals surface area contributed by atoms with Crippen LogP contribution in [0.1, 0.15) is 31.9 Å². The number of likely N-dealkylation sites (N-methyl/N-ethyl adjacent to an activating group) is 1. The number of fused-ring (bicyclic) bond motifs is 1. The molecule has 1 aliphatic rings. The standard InChI is InChI=1S/C24H30N2O4/c1-24(2,3)18-12-10-17(11-13-18)14-25(4)16-22(27)26-15-21(23(28)29-5)30-20-9-7-6-8-19(20)26/h6-13,21H,14-16H2,1-5H3/t21-/m0/s1. The number of amides is 1. The molecule has 2 aromatic carbocycles. The van der Waals surface area contributed by atoms with E-state index < -0.39 is 12.1 Å². The molecule has 0 aromatic heterocycles. The zero-order valence-corrected chi connectivity index (χ0v) is 18.3. The third-order valence-corrected chi connectivity index (χ3v) is 5.22. The van der Waals surface area contributed by atoms with Gasteiger partial charge in [-0.25, -0.2) is 4.79 Å². The summed E-state index contributed by atoms with van der Waals surface area (Å²) in [5.41, 5.74) is 3.21. The molecule has 6 nitrogen and oxygen atoms in total. The summed E-state index contributed by atoms with van der Waals surface area (Å²) in [6.45, 7) is 7.58. The Morgan fingerprint density at radius 2 is 1.80 bits per heavy atom. The Morgan fingerprint density at radius 1 is 1.13 bits per heavy atom. The van der Waals surface area contributed by atoms with E-state index in [-0.39, 0.29) is 24.4 Å². The number of nitrogens with zero attached hydrogens (tertiary/aromatic N) is 2. The van der Waals surface area contributed by atoms with Crippen molar-refractivity contribution in [2.75, 3.05) is 32.1 Å². The number of carbonyl (C=O) groups excluding carboxylic acids is 2. The highest BCUT2D eigenvalue weighted by molar-refractivity contribution is 5.98. The average molecular weight is 411 g/mol. The molecule has 0 bridgehead atoms. The predicted molar refractivity (Wildman–Crippen MR) is 117 cm³/mol. The van der Waals surface area contributed by atoms with Crippen LogP contribution in [0.15, 0.2) is 48.5 Å². The lowest BCUT2D eigenvalue weighted by Gasteiger charge is -2.34. The molecule has 2 aromatic rings. The first-order chi connectivity index (χ1) is 14.2. The lowest BCUT2D eigenvalue weighted by atomic mass is 9.87. The maximum atomic E-state index is 13.1. The molecule has 30 heavy (non-hydrogen) atoms. The number of rotatable bonds is 5. The SMILES string of the molecule is COC(=O)[C@@H]1CN(C(=O)CN(C)Cc2ccc(C(C)(C)C)cc2)c2ccccc2O1. The quantitative estimate of drug-likeness (QED) is 0.708. The van der Waals surface area contributed by atoms with E-state index in [4.69, 9.17) is 9.47 Å². The Labute approximate surface area is 178 Å². The molecule has 0 aliphatic carbocycles. The van der Waals surface area contributed by atoms with Crippen LogP contribution in [-0.2, 0) is 26.3 Å². The zero-order valence-electron chi connectivity index (χ0n) is 18.3. The van der Waals surface area contributed by atoms with Crippen molar-refractivity contribution in [3.05, 3.63) is 59.7 Å². The van der Waals surface area contributed by atoms with E-state index in [1.165, 1.54) is 12.7 Å². The van der Waals surface area contributed by atoms with Gasteiger partial charge in [-0.1, -0.05) is 57.2 Å². The fraction of sp³-hybridized carbons (Fsp3) is 0.417. The molecule has 0 fully saturated rings. The highest BCUT2D eigenvalue weighted by atomic mass is 16.6. The van der Waals surface area contributed by atoms with Gasteiger partial charge in [-0.05, 0) is 35.7 Å². The van der Waals surface area contributed by atoms with Crippen LogP contribution >= 0.6 is 0 Å². The van der Waals surface area contributed by atoms with E-state index in [0.717, 1.165) is 5.56 Å². The monoisotopic (exact) mass is 410 g/mol. The lowest BCUT2D eigenvalue weighted by Crippen LogP contribution is -2.49. The fourth-order valence-electron chi connectivity index (χ4n) is 3.52. The minimum Gasteiger partial charge on any atom is -0.475 e. The number of esters is 1. The first kappa shape index (κ1) is 21.8. The molecule has 0 radical (unpaired) electrons. The Hall–Kier alpha value is -2.86. The second kappa shape index (κ2) is 8.88. The van der Waals surface area contributed by atoms with E-state index in [1.807, 2.05) is 30.1 Å². The van der Waals surface area contributed by atoms with Crippen molar-refractivity contribution in [3.63, 3.8) is 0 Å². The number of methoxy groups -OCH3 is 1. The number of carbonyl (C=O) groups is 2. The van der Waals surface area contributed by atoms with E-state index in [2.05, 4.69) is 45.0 Å². The van der Waals surface area contributed by atoms with Crippen molar-refractivity contribution in [3.8, 4) is 5.75 Å². The van der Waals surface area contributed by atoms with E-state index >= 15 is 0 Å². The van der Waals surface area contributed by atoms with Gasteiger partial charge < -0.3 is 14.4 Å². The van der Waals surface area contributed by atoms with Crippen molar-refractivity contribution in [2.45, 2.75) is 38.8 Å². The van der Waals surface area contributed by atoms with E-state index in [0.29, 0.717) is 18.0 Å². The summed E-state index contributed by atoms with van der Waals surface area (Å²) in [5, 5.41) is 0. The van der Waals surface area contributed by atoms with E-state index in [1.54, 1.807) is 11.0 Å². The summed E-state index contributed by atoms with van der Waals surface area (Å²) in [7, 11) is 3.23. The van der Waals surface area contributed by atoms with Gasteiger partial charge in [0.25, 0.3) is 0 Å². The van der Waals surface area contributed by atoms with Crippen LogP contribution < -0.4 is 9.64 Å². The molecule has 160 valence electrons. The smallest absolute Gasteiger partial charge is 0.348 e. The molecule has 1 atom stereocenters. The summed E-state index contributed by atoms with van der Waals surface area (Å²) in [5.74, 6) is -0.0732. The number of para-hydroxylation sites is 2. The zero-order chi connectivity index (χ0) is 21.9. The summed E-state index contributed by atoms with van der Waals surface area (Å²) in [4.78, 5) is 28.7. The minimum absolute atomic E-state index is 0.0894. The molecule has 1 aliphatic heterocycles. The van der Waals surface area contributed by atoms with E-state index in [9.17, 15) is 9.59 Å². The van der Waals surface area contributed by atoms with Gasteiger partial charge in [0.05, 0.1) is 25.9 Å². The Balaban J connectivity index is 1.69. The van der Waals surface area contributed by atoms with Crippen molar-refractivity contribution in [2.24, 2.45) is 0 Å². The predicted octanol–water partition coefficient (Wildman–Crippen LogP) is 3.38. The first-order valence-corrected chi connectivity index (χ1v) is 10.1. The molecule has 3 rings (SSSR count). The number of benzene rings is 2. The van der Waals surface area contributed by atoms with Crippen molar-refractivity contribution >= 4 is 17.6 Å². The second-order valence-electron chi connectivity index (χ2n) is 8.72. The topological polar surface area (TPSA) is 59.1 Å². The van der Waals surface area contributed by atoms with Crippen molar-refractivity contribution in [1.82, 2.24) is 4.90 Å². The van der Waals surface area contributed by atoms with Crippen LogP contribution in [0.5, 0.6) is 5.75 Å². The van der Waals surface area contributed by atoms with Crippen LogP contribution in [-0.4, -0.2) is 50.1 Å². The Morgan fingerprint density at radius 3 is 2.43 bits per heavy atom. The maximum Gasteiger partial charge on any atom is 0.348 e. The van der Waals surface area contributed by atoms with Gasteiger partial charge in [-0.2, -0.15) is 0 Å². The molecule has 1 amide bonds. The van der Waals surface area contributed by atoms with Crippen LogP contribution in [0.4, 0.5) is 5.69 Å². The molecule has 0 unspecified atom stereocenters. The lowest BCUT2D eigenvalue weighted by molar-refractivity contribution is -0.148. The van der Waals surface area contributed by atoms with Gasteiger partial charge >= 0.3 is 5.97 Å². The number of hydrogen-bond acceptors (Lipinski definition) is 5. The molecule has 6 heteroatoms. The van der Waals surface area contributed by atoms with Gasteiger partial charge in [0.2, 0.25) is 12.0 Å². The largest absolute Gasteiger partial charge is 0.475 e. The summed E-state index contributed by atoms with van der Waals surface area (Å²) in [6.07, 6.45) is -0.830. The van der Waals surface area contributed by atoms with Gasteiger partial charge in [0.1, 0.15) is 5.75 Å². The second-order valence-corrected chi connectivity index (χ2v) is 8.72. The highest BCUT2D eigenvalue weighted by Gasteiger charge is 2.34. The summed E-state index contributed by atoms with van der Waals surface area (Å²) >= 11 is 0. The van der Waals surface area contributed by atoms with Crippen LogP contribution in [0, 0.1) is 0 Å². The third kappa shape index (κ3) is 5.00. The highest BCUT2D eigenvalue weighted by Crippen LogP contribution is 2.33. The average Bonchev–Trinajstić information content (AvgIpc) is 2.71. The molecule has 0 N–H and O–H groups in total. The van der Waals surface area contributed by atoms with Crippen LogP contribution in [0.2, 0.25) is 0 Å². The maximum absolute atomic E-state index is 13.1. The first-order valence-electron chi connectivity index (χ1n) is 10.1. The van der Waals surface area contributed by atoms with Gasteiger partial charge in [-0.15, -0.1) is 0 Å². The Bertz CT molecular complexity index is 902. The third-order valence-electron chi connectivity index (χ3n) is 5.22. The minimum atomic E-state index is -0.830. The summed E-state index contributed by atoms with van der Waals surface area (Å²) < 4.78 is 10.5. The molecule has 0 spiro atoms. The molecular weight excluding hydrogens is 380 g/mol. The number of anilines is 1. The molecule has 0 saturated carbocycles. The van der Waals surface area contributed by atoms with Crippen LogP contribution in [0.25, 0.3) is 0 Å². The number of ether oxygens (including phenoxy) is 2. The van der Waals surface area contributed by atoms with Gasteiger partial charge in [0.15, 0.2) is 0 Å². The van der Waals surface area contributed by atoms with Crippen LogP contribution in [0.3, 0.4) is 0 Å². The molecule has 1 heterocycles.